The molecule has 32 heavy (non-hydrogen) atoms. The van der Waals surface area contributed by atoms with Crippen LogP contribution in [0.25, 0.3) is 23.1 Å². The van der Waals surface area contributed by atoms with Crippen molar-refractivity contribution in [2.24, 2.45) is 0 Å². The molecule has 0 aliphatic heterocycles. The smallest absolute Gasteiger partial charge is 0.213 e. The normalized spacial score (nSPS) is 11.5. The lowest BCUT2D eigenvalue weighted by atomic mass is 10.1. The van der Waals surface area contributed by atoms with Crippen LogP contribution < -0.4 is 14.7 Å². The molecule has 0 saturated carbocycles. The first kappa shape index (κ1) is 24.3. The standard InChI is InChI=1S/C26H32N2O3S/c1-3-4-7-18-27(2)24-15-12-22(13-16-24)11-14-23-17-20-28(19-8-21-32-31-30-29)26-10-6-5-9-25(23)26/h5-6,9-17,20H,3-4,7-8,18-19,21H2,1-2H3. The number of anilines is 1. The monoisotopic (exact) mass is 452 g/mol. The number of hydrogen-bond donors (Lipinski definition) is 0. The zero-order chi connectivity index (χ0) is 22.6. The molecule has 0 spiro atoms. The Morgan fingerprint density at radius 2 is 1.81 bits per heavy atom. The molecule has 0 N–H and O–H groups in total. The van der Waals surface area contributed by atoms with Gasteiger partial charge < -0.3 is 10.2 Å². The minimum atomic E-state index is 0.689. The molecule has 0 saturated heterocycles. The van der Waals surface area contributed by atoms with E-state index in [2.05, 4.69) is 106 Å². The van der Waals surface area contributed by atoms with E-state index in [1.54, 1.807) is 0 Å². The minimum absolute atomic E-state index is 0.689. The summed E-state index contributed by atoms with van der Waals surface area (Å²) in [5.41, 5.74) is 4.82. The van der Waals surface area contributed by atoms with E-state index >= 15 is 0 Å². The van der Waals surface area contributed by atoms with E-state index < -0.39 is 0 Å². The van der Waals surface area contributed by atoms with Crippen LogP contribution in [0, 0.1) is 0 Å². The Hall–Kier alpha value is -2.38. The van der Waals surface area contributed by atoms with Crippen molar-refractivity contribution in [3.63, 3.8) is 0 Å². The van der Waals surface area contributed by atoms with E-state index in [0.717, 1.165) is 31.6 Å². The van der Waals surface area contributed by atoms with Gasteiger partial charge in [-0.05, 0) is 35.7 Å². The van der Waals surface area contributed by atoms with Crippen molar-refractivity contribution in [3.8, 4) is 0 Å². The van der Waals surface area contributed by atoms with Crippen LogP contribution in [0.5, 0.6) is 0 Å². The summed E-state index contributed by atoms with van der Waals surface area (Å²) in [4.78, 5) is 2.32. The third kappa shape index (κ3) is 7.07. The molecule has 0 amide bonds. The van der Waals surface area contributed by atoms with Gasteiger partial charge in [-0.2, -0.15) is 8.90 Å². The van der Waals surface area contributed by atoms with E-state index in [1.807, 2.05) is 0 Å². The van der Waals surface area contributed by atoms with Crippen LogP contribution in [0.2, 0.25) is 0 Å². The first-order chi connectivity index (χ1) is 15.7. The first-order valence-corrected chi connectivity index (χ1v) is 12.1. The third-order valence-corrected chi connectivity index (χ3v) is 6.15. The van der Waals surface area contributed by atoms with Crippen LogP contribution in [0.15, 0.2) is 60.8 Å². The second kappa shape index (κ2) is 13.2. The Balaban J connectivity index is 1.68. The van der Waals surface area contributed by atoms with Crippen LogP contribution in [-0.4, -0.2) is 19.3 Å². The summed E-state index contributed by atoms with van der Waals surface area (Å²) in [6, 6.07) is 19.3. The van der Waals surface area contributed by atoms with E-state index in [9.17, 15) is 5.26 Å². The fourth-order valence-electron chi connectivity index (χ4n) is 3.75. The molecule has 5 nitrogen and oxygen atoms in total. The lowest BCUT2D eigenvalue weighted by molar-refractivity contribution is -0.777. The Labute approximate surface area is 195 Å². The summed E-state index contributed by atoms with van der Waals surface area (Å²) in [5.74, 6) is 0.689. The van der Waals surface area contributed by atoms with Crippen molar-refractivity contribution in [1.82, 2.24) is 0 Å². The third-order valence-electron chi connectivity index (χ3n) is 5.55. The number of fused-ring (bicyclic) bond motifs is 1. The Morgan fingerprint density at radius 3 is 2.59 bits per heavy atom. The number of nitrogens with zero attached hydrogens (tertiary/aromatic N) is 2. The molecule has 0 bridgehead atoms. The van der Waals surface area contributed by atoms with Gasteiger partial charge in [0, 0.05) is 55.6 Å². The number of para-hydroxylation sites is 1. The van der Waals surface area contributed by atoms with Crippen LogP contribution >= 0.6 is 12.0 Å². The van der Waals surface area contributed by atoms with Gasteiger partial charge in [0.15, 0.2) is 6.20 Å². The predicted octanol–water partition coefficient (Wildman–Crippen LogP) is 5.19. The summed E-state index contributed by atoms with van der Waals surface area (Å²) >= 11 is 1.03. The highest BCUT2D eigenvalue weighted by molar-refractivity contribution is 7.94. The van der Waals surface area contributed by atoms with Crippen LogP contribution in [-0.2, 0) is 15.9 Å². The maximum absolute atomic E-state index is 9.88. The highest BCUT2D eigenvalue weighted by Crippen LogP contribution is 2.20. The van der Waals surface area contributed by atoms with E-state index in [-0.39, 0.29) is 0 Å². The van der Waals surface area contributed by atoms with Crippen molar-refractivity contribution in [1.29, 1.82) is 0 Å². The van der Waals surface area contributed by atoms with Gasteiger partial charge in [-0.3, -0.25) is 5.04 Å². The fraction of sp³-hybridized carbons (Fsp3) is 0.346. The molecule has 3 aromatic rings. The number of rotatable bonds is 13. The second-order valence-corrected chi connectivity index (χ2v) is 8.63. The van der Waals surface area contributed by atoms with Crippen LogP contribution in [0.4, 0.5) is 5.69 Å². The number of hydrogen-bond acceptors (Lipinski definition) is 5. The maximum atomic E-state index is 9.88. The molecular weight excluding hydrogens is 420 g/mol. The number of pyridine rings is 1. The van der Waals surface area contributed by atoms with E-state index in [1.165, 1.54) is 47.0 Å². The highest BCUT2D eigenvalue weighted by atomic mass is 32.2. The molecule has 170 valence electrons. The van der Waals surface area contributed by atoms with Crippen LogP contribution in [0.3, 0.4) is 0 Å². The minimum Gasteiger partial charge on any atom is -0.691 e. The Bertz CT molecular complexity index is 992. The molecule has 0 aliphatic carbocycles. The average Bonchev–Trinajstić information content (AvgIpc) is 2.83. The fourth-order valence-corrected chi connectivity index (χ4v) is 4.10. The first-order valence-electron chi connectivity index (χ1n) is 11.2. The summed E-state index contributed by atoms with van der Waals surface area (Å²) in [5, 5.41) is 14.5. The Morgan fingerprint density at radius 1 is 1.00 bits per heavy atom. The van der Waals surface area contributed by atoms with Crippen molar-refractivity contribution in [2.75, 3.05) is 24.2 Å². The molecule has 0 fully saturated rings. The molecular formula is C26H32N2O3S. The van der Waals surface area contributed by atoms with Gasteiger partial charge in [0.05, 0.1) is 5.39 Å². The van der Waals surface area contributed by atoms with Gasteiger partial charge in [-0.1, -0.05) is 56.2 Å². The molecule has 0 unspecified atom stereocenters. The van der Waals surface area contributed by atoms with Gasteiger partial charge in [-0.15, -0.1) is 0 Å². The number of unbranched alkanes of at least 4 members (excludes halogenated alkanes) is 2. The van der Waals surface area contributed by atoms with Gasteiger partial charge >= 0.3 is 0 Å². The SMILES string of the molecule is CCCCCN(C)c1ccc(C=Cc2cc[n+](CCCSOO[O-])c3ccccc23)cc1. The quantitative estimate of drug-likeness (QED) is 0.117. The van der Waals surface area contributed by atoms with Crippen molar-refractivity contribution in [2.45, 2.75) is 39.2 Å². The molecule has 0 aliphatic rings. The molecule has 3 rings (SSSR count). The molecule has 1 aromatic heterocycles. The zero-order valence-electron chi connectivity index (χ0n) is 18.9. The summed E-state index contributed by atoms with van der Waals surface area (Å²) in [6.45, 7) is 4.17. The topological polar surface area (TPSA) is 48.6 Å². The second-order valence-electron chi connectivity index (χ2n) is 7.85. The van der Waals surface area contributed by atoms with E-state index in [4.69, 9.17) is 0 Å². The van der Waals surface area contributed by atoms with Gasteiger partial charge in [0.25, 0.3) is 0 Å². The van der Waals surface area contributed by atoms with Crippen molar-refractivity contribution in [3.05, 3.63) is 71.9 Å². The molecule has 2 aromatic carbocycles. The number of benzene rings is 2. The average molecular weight is 453 g/mol. The number of aromatic nitrogens is 1. The summed E-state index contributed by atoms with van der Waals surface area (Å²) in [6.07, 6.45) is 11.1. The predicted molar refractivity (Wildman–Crippen MR) is 132 cm³/mol. The molecule has 1 heterocycles. The van der Waals surface area contributed by atoms with Gasteiger partial charge in [0.1, 0.15) is 6.54 Å². The maximum Gasteiger partial charge on any atom is 0.213 e. The lowest BCUT2D eigenvalue weighted by Crippen LogP contribution is -2.34. The molecule has 6 heteroatoms. The van der Waals surface area contributed by atoms with Crippen molar-refractivity contribution >= 4 is 40.8 Å². The number of aryl methyl sites for hydroxylation is 1. The lowest BCUT2D eigenvalue weighted by Gasteiger charge is -2.19. The molecule has 0 atom stereocenters. The largest absolute Gasteiger partial charge is 0.691 e. The van der Waals surface area contributed by atoms with Gasteiger partial charge in [0.2, 0.25) is 5.52 Å². The Kier molecular flexibility index (Phi) is 10.0. The zero-order valence-corrected chi connectivity index (χ0v) is 19.7. The van der Waals surface area contributed by atoms with E-state index in [0.29, 0.717) is 5.75 Å². The summed E-state index contributed by atoms with van der Waals surface area (Å²) in [7, 11) is 2.16. The highest BCUT2D eigenvalue weighted by Gasteiger charge is 2.11. The van der Waals surface area contributed by atoms with Gasteiger partial charge in [-0.25, -0.2) is 0 Å². The van der Waals surface area contributed by atoms with Crippen LogP contribution in [0.1, 0.15) is 43.7 Å². The molecule has 0 radical (unpaired) electrons. The summed E-state index contributed by atoms with van der Waals surface area (Å²) < 4.78 is 6.56. The van der Waals surface area contributed by atoms with Crippen molar-refractivity contribution < 1.29 is 19.2 Å².